The van der Waals surface area contributed by atoms with Gasteiger partial charge in [-0.2, -0.15) is 5.26 Å². The highest BCUT2D eigenvalue weighted by atomic mass is 16.5. The van der Waals surface area contributed by atoms with Crippen molar-refractivity contribution in [2.24, 2.45) is 0 Å². The lowest BCUT2D eigenvalue weighted by Gasteiger charge is -2.16. The zero-order valence-corrected chi connectivity index (χ0v) is 12.9. The van der Waals surface area contributed by atoms with Crippen molar-refractivity contribution in [1.29, 1.82) is 5.26 Å². The summed E-state index contributed by atoms with van der Waals surface area (Å²) in [5.74, 6) is 0.611. The largest absolute Gasteiger partial charge is 0.496 e. The third-order valence-electron chi connectivity index (χ3n) is 3.92. The van der Waals surface area contributed by atoms with E-state index in [9.17, 15) is 5.26 Å². The zero-order valence-electron chi connectivity index (χ0n) is 12.9. The van der Waals surface area contributed by atoms with Crippen LogP contribution in [-0.4, -0.2) is 7.11 Å². The monoisotopic (exact) mass is 279 g/mol. The summed E-state index contributed by atoms with van der Waals surface area (Å²) in [6.45, 7) is 4.21. The number of methoxy groups -OCH3 is 1. The van der Waals surface area contributed by atoms with Crippen LogP contribution in [0.4, 0.5) is 0 Å². The van der Waals surface area contributed by atoms with Crippen LogP contribution in [0, 0.1) is 18.3 Å². The molecule has 21 heavy (non-hydrogen) atoms. The summed E-state index contributed by atoms with van der Waals surface area (Å²) in [7, 11) is 1.66. The molecule has 0 radical (unpaired) electrons. The first kappa shape index (κ1) is 15.1. The van der Waals surface area contributed by atoms with E-state index in [2.05, 4.69) is 44.2 Å². The number of nitrogens with zero attached hydrogens (tertiary/aromatic N) is 1. The Morgan fingerprint density at radius 1 is 1.19 bits per heavy atom. The van der Waals surface area contributed by atoms with E-state index in [-0.39, 0.29) is 5.92 Å². The van der Waals surface area contributed by atoms with Crippen LogP contribution in [0.1, 0.15) is 35.1 Å². The van der Waals surface area contributed by atoms with E-state index in [1.807, 2.05) is 18.2 Å². The van der Waals surface area contributed by atoms with Crippen molar-refractivity contribution in [2.75, 3.05) is 7.11 Å². The van der Waals surface area contributed by atoms with Gasteiger partial charge in [0.1, 0.15) is 5.75 Å². The molecule has 2 aromatic carbocycles. The van der Waals surface area contributed by atoms with Crippen molar-refractivity contribution in [3.63, 3.8) is 0 Å². The molecular weight excluding hydrogens is 258 g/mol. The van der Waals surface area contributed by atoms with Gasteiger partial charge in [0.15, 0.2) is 0 Å². The average molecular weight is 279 g/mol. The number of benzene rings is 2. The molecule has 0 fully saturated rings. The van der Waals surface area contributed by atoms with E-state index >= 15 is 0 Å². The van der Waals surface area contributed by atoms with Gasteiger partial charge < -0.3 is 4.74 Å². The van der Waals surface area contributed by atoms with Gasteiger partial charge in [-0.15, -0.1) is 0 Å². The van der Waals surface area contributed by atoms with E-state index < -0.39 is 0 Å². The molecule has 0 saturated carbocycles. The molecule has 0 spiro atoms. The van der Waals surface area contributed by atoms with Crippen LogP contribution in [-0.2, 0) is 12.8 Å². The maximum atomic E-state index is 9.61. The van der Waals surface area contributed by atoms with Gasteiger partial charge in [0, 0.05) is 5.56 Å². The van der Waals surface area contributed by atoms with E-state index in [1.54, 1.807) is 7.11 Å². The van der Waals surface area contributed by atoms with E-state index in [0.29, 0.717) is 6.42 Å². The van der Waals surface area contributed by atoms with Crippen molar-refractivity contribution in [1.82, 2.24) is 0 Å². The van der Waals surface area contributed by atoms with Gasteiger partial charge in [-0.05, 0) is 42.5 Å². The molecule has 2 heteroatoms. The summed E-state index contributed by atoms with van der Waals surface area (Å²) in [4.78, 5) is 0. The predicted octanol–water partition coefficient (Wildman–Crippen LogP) is 4.42. The molecule has 2 nitrogen and oxygen atoms in total. The second-order valence-corrected chi connectivity index (χ2v) is 5.24. The molecule has 0 aromatic heterocycles. The fourth-order valence-electron chi connectivity index (χ4n) is 2.56. The van der Waals surface area contributed by atoms with E-state index in [0.717, 1.165) is 17.7 Å². The fourth-order valence-corrected chi connectivity index (χ4v) is 2.56. The molecule has 108 valence electrons. The summed E-state index contributed by atoms with van der Waals surface area (Å²) in [5, 5.41) is 9.61. The van der Waals surface area contributed by atoms with Crippen LogP contribution >= 0.6 is 0 Å². The molecule has 0 saturated heterocycles. The lowest BCUT2D eigenvalue weighted by molar-refractivity contribution is 0.408. The first-order valence-corrected chi connectivity index (χ1v) is 7.30. The maximum absolute atomic E-state index is 9.61. The molecule has 2 aromatic rings. The Morgan fingerprint density at radius 2 is 1.95 bits per heavy atom. The molecule has 0 N–H and O–H groups in total. The van der Waals surface area contributed by atoms with Crippen molar-refractivity contribution in [3.8, 4) is 11.8 Å². The SMILES string of the molecule is CCc1ccc(OC)c(C(C#N)Cc2ccccc2C)c1. The van der Waals surface area contributed by atoms with Crippen LogP contribution in [0.15, 0.2) is 42.5 Å². The Hall–Kier alpha value is -2.27. The maximum Gasteiger partial charge on any atom is 0.123 e. The van der Waals surface area contributed by atoms with Gasteiger partial charge in [0.25, 0.3) is 0 Å². The molecule has 2 rings (SSSR count). The molecule has 0 aliphatic carbocycles. The van der Waals surface area contributed by atoms with Crippen molar-refractivity contribution >= 4 is 0 Å². The topological polar surface area (TPSA) is 33.0 Å². The van der Waals surface area contributed by atoms with Crippen LogP contribution in [0.5, 0.6) is 5.75 Å². The van der Waals surface area contributed by atoms with Crippen molar-refractivity contribution in [2.45, 2.75) is 32.6 Å². The Morgan fingerprint density at radius 3 is 2.57 bits per heavy atom. The number of ether oxygens (including phenoxy) is 1. The number of hydrogen-bond donors (Lipinski definition) is 0. The van der Waals surface area contributed by atoms with Crippen LogP contribution in [0.2, 0.25) is 0 Å². The molecule has 0 aliphatic heterocycles. The first-order chi connectivity index (χ1) is 10.2. The standard InChI is InChI=1S/C19H21NO/c1-4-15-9-10-19(21-3)18(11-15)17(13-20)12-16-8-6-5-7-14(16)2/h5-11,17H,4,12H2,1-3H3. The minimum Gasteiger partial charge on any atom is -0.496 e. The smallest absolute Gasteiger partial charge is 0.123 e. The molecule has 0 bridgehead atoms. The highest BCUT2D eigenvalue weighted by molar-refractivity contribution is 5.43. The van der Waals surface area contributed by atoms with E-state index in [4.69, 9.17) is 4.74 Å². The Labute approximate surface area is 127 Å². The van der Waals surface area contributed by atoms with Gasteiger partial charge in [-0.25, -0.2) is 0 Å². The quantitative estimate of drug-likeness (QED) is 0.812. The molecule has 0 heterocycles. The van der Waals surface area contributed by atoms with Crippen LogP contribution < -0.4 is 4.74 Å². The van der Waals surface area contributed by atoms with Gasteiger partial charge >= 0.3 is 0 Å². The van der Waals surface area contributed by atoms with Crippen LogP contribution in [0.3, 0.4) is 0 Å². The second-order valence-electron chi connectivity index (χ2n) is 5.24. The predicted molar refractivity (Wildman–Crippen MR) is 85.6 cm³/mol. The second kappa shape index (κ2) is 6.95. The summed E-state index contributed by atoms with van der Waals surface area (Å²) >= 11 is 0. The number of nitriles is 1. The summed E-state index contributed by atoms with van der Waals surface area (Å²) < 4.78 is 5.44. The Balaban J connectivity index is 2.38. The normalized spacial score (nSPS) is 11.7. The number of hydrogen-bond acceptors (Lipinski definition) is 2. The minimum absolute atomic E-state index is 0.187. The van der Waals surface area contributed by atoms with Crippen molar-refractivity contribution in [3.05, 3.63) is 64.7 Å². The van der Waals surface area contributed by atoms with E-state index in [1.165, 1.54) is 16.7 Å². The molecule has 0 amide bonds. The number of rotatable bonds is 5. The number of aryl methyl sites for hydroxylation is 2. The summed E-state index contributed by atoms with van der Waals surface area (Å²) in [5.41, 5.74) is 4.66. The lowest BCUT2D eigenvalue weighted by atomic mass is 9.89. The average Bonchev–Trinajstić information content (AvgIpc) is 2.53. The minimum atomic E-state index is -0.187. The summed E-state index contributed by atoms with van der Waals surface area (Å²) in [6, 6.07) is 16.8. The molecule has 1 atom stereocenters. The highest BCUT2D eigenvalue weighted by Gasteiger charge is 2.17. The Bertz CT molecular complexity index is 655. The van der Waals surface area contributed by atoms with Gasteiger partial charge in [-0.1, -0.05) is 43.3 Å². The zero-order chi connectivity index (χ0) is 15.2. The molecule has 1 unspecified atom stereocenters. The molecular formula is C19H21NO. The fraction of sp³-hybridized carbons (Fsp3) is 0.316. The van der Waals surface area contributed by atoms with Gasteiger partial charge in [0.2, 0.25) is 0 Å². The van der Waals surface area contributed by atoms with Crippen molar-refractivity contribution < 1.29 is 4.74 Å². The third kappa shape index (κ3) is 3.44. The molecule has 0 aliphatic rings. The van der Waals surface area contributed by atoms with Gasteiger partial charge in [-0.3, -0.25) is 0 Å². The third-order valence-corrected chi connectivity index (χ3v) is 3.92. The lowest BCUT2D eigenvalue weighted by Crippen LogP contribution is -2.05. The van der Waals surface area contributed by atoms with Crippen LogP contribution in [0.25, 0.3) is 0 Å². The highest BCUT2D eigenvalue weighted by Crippen LogP contribution is 2.31. The first-order valence-electron chi connectivity index (χ1n) is 7.30. The van der Waals surface area contributed by atoms with Gasteiger partial charge in [0.05, 0.1) is 19.1 Å². The summed E-state index contributed by atoms with van der Waals surface area (Å²) in [6.07, 6.45) is 1.67. The Kier molecular flexibility index (Phi) is 5.00.